The summed E-state index contributed by atoms with van der Waals surface area (Å²) in [5, 5.41) is 23.4. The van der Waals surface area contributed by atoms with Gasteiger partial charge in [-0.05, 0) is 66.8 Å². The number of aliphatic hydroxyl groups is 1. The third-order valence-corrected chi connectivity index (χ3v) is 7.87. The number of carbonyl (C=O) groups excluding carboxylic acids is 2. The summed E-state index contributed by atoms with van der Waals surface area (Å²) in [4.78, 5) is 31.8. The Labute approximate surface area is 217 Å². The molecule has 0 aliphatic heterocycles. The summed E-state index contributed by atoms with van der Waals surface area (Å²) in [5.74, 6) is 0.0735. The molecule has 37 heavy (non-hydrogen) atoms. The van der Waals surface area contributed by atoms with Gasteiger partial charge in [-0.1, -0.05) is 26.0 Å². The van der Waals surface area contributed by atoms with Crippen LogP contribution in [0.2, 0.25) is 0 Å². The average molecular weight is 508 g/mol. The second-order valence-corrected chi connectivity index (χ2v) is 10.2. The summed E-state index contributed by atoms with van der Waals surface area (Å²) in [6.45, 7) is 6.87. The van der Waals surface area contributed by atoms with Gasteiger partial charge in [0.2, 0.25) is 11.8 Å². The van der Waals surface area contributed by atoms with E-state index in [4.69, 9.17) is 9.84 Å². The largest absolute Gasteiger partial charge is 0.508 e. The molecule has 0 bridgehead atoms. The van der Waals surface area contributed by atoms with Crippen LogP contribution >= 0.6 is 0 Å². The first-order valence-corrected chi connectivity index (χ1v) is 12.8. The van der Waals surface area contributed by atoms with Gasteiger partial charge in [-0.2, -0.15) is 0 Å². The van der Waals surface area contributed by atoms with E-state index in [1.807, 2.05) is 37.3 Å². The number of rotatable bonds is 9. The van der Waals surface area contributed by atoms with Crippen molar-refractivity contribution in [3.63, 3.8) is 0 Å². The molecule has 0 saturated carbocycles. The highest BCUT2D eigenvalue weighted by molar-refractivity contribution is 5.98. The number of aliphatic hydroxyl groups excluding tert-OH is 1. The highest BCUT2D eigenvalue weighted by atomic mass is 16.5. The molecule has 8 heteroatoms. The van der Waals surface area contributed by atoms with E-state index in [0.29, 0.717) is 32.5 Å². The van der Waals surface area contributed by atoms with E-state index >= 15 is 0 Å². The zero-order valence-electron chi connectivity index (χ0n) is 22.0. The van der Waals surface area contributed by atoms with Gasteiger partial charge in [0.25, 0.3) is 0 Å². The Morgan fingerprint density at radius 1 is 1.22 bits per heavy atom. The van der Waals surface area contributed by atoms with Gasteiger partial charge >= 0.3 is 0 Å². The second kappa shape index (κ2) is 10.9. The van der Waals surface area contributed by atoms with Crippen LogP contribution in [-0.4, -0.2) is 65.3 Å². The number of carbonyl (C=O) groups is 2. The molecular weight excluding hydrogens is 470 g/mol. The topological polar surface area (TPSA) is 115 Å². The standard InChI is InChI=1S/C29H37N3O5/c1-18-26(20-7-5-8-21(35)15-20)27-24(23-16-22(37-4)9-10-25(23)31-27)17-29(18,3)28(36)32(19(2)34)13-6-11-30-12-14-33/h5,7-10,15-16,18,26,30-31,33,35H,6,11-14,17H2,1-4H3/t18?,26-,29-/m1/s1. The van der Waals surface area contributed by atoms with Gasteiger partial charge < -0.3 is 25.3 Å². The molecule has 1 unspecified atom stereocenters. The number of hydrogen-bond acceptors (Lipinski definition) is 6. The highest BCUT2D eigenvalue weighted by Gasteiger charge is 2.51. The molecule has 3 atom stereocenters. The molecule has 0 saturated heterocycles. The Balaban J connectivity index is 1.79. The van der Waals surface area contributed by atoms with E-state index in [0.717, 1.165) is 33.5 Å². The zero-order valence-corrected chi connectivity index (χ0v) is 22.0. The summed E-state index contributed by atoms with van der Waals surface area (Å²) in [7, 11) is 1.63. The minimum atomic E-state index is -0.870. The fourth-order valence-electron chi connectivity index (χ4n) is 5.70. The van der Waals surface area contributed by atoms with Crippen molar-refractivity contribution >= 4 is 22.7 Å². The molecule has 1 aromatic heterocycles. The van der Waals surface area contributed by atoms with Crippen molar-refractivity contribution in [2.45, 2.75) is 39.5 Å². The number of hydrogen-bond donors (Lipinski definition) is 4. The van der Waals surface area contributed by atoms with Crippen LogP contribution in [0.3, 0.4) is 0 Å². The molecule has 1 aliphatic carbocycles. The Morgan fingerprint density at radius 2 is 2.00 bits per heavy atom. The summed E-state index contributed by atoms with van der Waals surface area (Å²) in [6.07, 6.45) is 1.07. The highest BCUT2D eigenvalue weighted by Crippen LogP contribution is 2.52. The first-order valence-electron chi connectivity index (χ1n) is 12.8. The van der Waals surface area contributed by atoms with Crippen LogP contribution in [-0.2, 0) is 16.0 Å². The Morgan fingerprint density at radius 3 is 2.68 bits per heavy atom. The molecule has 3 aromatic rings. The molecule has 0 radical (unpaired) electrons. The monoisotopic (exact) mass is 507 g/mol. The molecule has 2 aromatic carbocycles. The second-order valence-electron chi connectivity index (χ2n) is 10.2. The van der Waals surface area contributed by atoms with Gasteiger partial charge in [0.15, 0.2) is 0 Å². The maximum Gasteiger partial charge on any atom is 0.235 e. The number of aromatic amines is 1. The number of phenolic OH excluding ortho intramolecular Hbond substituents is 1. The van der Waals surface area contributed by atoms with Crippen molar-refractivity contribution in [3.8, 4) is 11.5 Å². The fraction of sp³-hybridized carbons (Fsp3) is 0.448. The number of imide groups is 1. The normalized spacial score (nSPS) is 21.0. The van der Waals surface area contributed by atoms with Crippen molar-refractivity contribution in [2.75, 3.05) is 33.4 Å². The predicted molar refractivity (Wildman–Crippen MR) is 143 cm³/mol. The van der Waals surface area contributed by atoms with E-state index in [2.05, 4.69) is 17.2 Å². The molecule has 4 N–H and O–H groups in total. The molecule has 198 valence electrons. The van der Waals surface area contributed by atoms with E-state index in [-0.39, 0.29) is 36.0 Å². The predicted octanol–water partition coefficient (Wildman–Crippen LogP) is 3.56. The number of amides is 2. The van der Waals surface area contributed by atoms with Crippen molar-refractivity contribution in [2.24, 2.45) is 11.3 Å². The van der Waals surface area contributed by atoms with Crippen molar-refractivity contribution < 1.29 is 24.5 Å². The molecule has 4 rings (SSSR count). The van der Waals surface area contributed by atoms with Crippen LogP contribution in [0.5, 0.6) is 11.5 Å². The number of aromatic nitrogens is 1. The summed E-state index contributed by atoms with van der Waals surface area (Å²) < 4.78 is 5.48. The lowest BCUT2D eigenvalue weighted by molar-refractivity contribution is -0.153. The Hall–Kier alpha value is -3.36. The minimum Gasteiger partial charge on any atom is -0.508 e. The number of H-pyrrole nitrogens is 1. The van der Waals surface area contributed by atoms with E-state index < -0.39 is 5.41 Å². The number of benzene rings is 2. The molecule has 8 nitrogen and oxygen atoms in total. The molecular formula is C29H37N3O5. The fourth-order valence-corrected chi connectivity index (χ4v) is 5.70. The third-order valence-electron chi connectivity index (χ3n) is 7.87. The molecule has 1 aliphatic rings. The van der Waals surface area contributed by atoms with Crippen LogP contribution < -0.4 is 10.1 Å². The van der Waals surface area contributed by atoms with Crippen LogP contribution in [0.4, 0.5) is 0 Å². The number of fused-ring (bicyclic) bond motifs is 3. The summed E-state index contributed by atoms with van der Waals surface area (Å²) >= 11 is 0. The van der Waals surface area contributed by atoms with Gasteiger partial charge in [-0.25, -0.2) is 0 Å². The zero-order chi connectivity index (χ0) is 26.7. The third kappa shape index (κ3) is 5.08. The minimum absolute atomic E-state index is 0.0408. The van der Waals surface area contributed by atoms with E-state index in [9.17, 15) is 14.7 Å². The molecule has 1 heterocycles. The lowest BCUT2D eigenvalue weighted by atomic mass is 9.60. The number of nitrogens with zero attached hydrogens (tertiary/aromatic N) is 1. The number of methoxy groups -OCH3 is 1. The van der Waals surface area contributed by atoms with Crippen LogP contribution in [0, 0.1) is 11.3 Å². The number of phenols is 1. The average Bonchev–Trinajstić information content (AvgIpc) is 3.22. The maximum absolute atomic E-state index is 14.2. The SMILES string of the molecule is COc1ccc2[nH]c3c(c2c1)C[C@@](C)(C(=O)N(CCCNCCO)C(C)=O)C(C)[C@@H]3c1cccc(O)c1. The quantitative estimate of drug-likeness (QED) is 0.329. The lowest BCUT2D eigenvalue weighted by Crippen LogP contribution is -2.52. The van der Waals surface area contributed by atoms with Crippen LogP contribution in [0.1, 0.15) is 49.9 Å². The lowest BCUT2D eigenvalue weighted by Gasteiger charge is -2.45. The van der Waals surface area contributed by atoms with Gasteiger partial charge in [0.05, 0.1) is 19.1 Å². The molecule has 0 spiro atoms. The smallest absolute Gasteiger partial charge is 0.235 e. The van der Waals surface area contributed by atoms with E-state index in [1.165, 1.54) is 11.8 Å². The first kappa shape index (κ1) is 26.7. The van der Waals surface area contributed by atoms with Gasteiger partial charge in [0.1, 0.15) is 11.5 Å². The number of nitrogens with one attached hydrogen (secondary N) is 2. The number of aromatic hydroxyl groups is 1. The Kier molecular flexibility index (Phi) is 7.90. The summed E-state index contributed by atoms with van der Waals surface area (Å²) in [6, 6.07) is 13.1. The number of ether oxygens (including phenoxy) is 1. The molecule has 2 amide bonds. The molecule has 0 fully saturated rings. The van der Waals surface area contributed by atoms with E-state index in [1.54, 1.807) is 19.2 Å². The van der Waals surface area contributed by atoms with Crippen molar-refractivity contribution in [1.82, 2.24) is 15.2 Å². The first-order chi connectivity index (χ1) is 17.7. The van der Waals surface area contributed by atoms with Crippen molar-refractivity contribution in [3.05, 3.63) is 59.3 Å². The van der Waals surface area contributed by atoms with Crippen LogP contribution in [0.25, 0.3) is 10.9 Å². The van der Waals surface area contributed by atoms with Crippen molar-refractivity contribution in [1.29, 1.82) is 0 Å². The maximum atomic E-state index is 14.2. The van der Waals surface area contributed by atoms with Gasteiger partial charge in [-0.3, -0.25) is 14.5 Å². The summed E-state index contributed by atoms with van der Waals surface area (Å²) in [5.41, 5.74) is 3.05. The Bertz CT molecular complexity index is 1290. The van der Waals surface area contributed by atoms with Gasteiger partial charge in [-0.15, -0.1) is 0 Å². The van der Waals surface area contributed by atoms with Gasteiger partial charge in [0, 0.05) is 42.5 Å². The van der Waals surface area contributed by atoms with Crippen LogP contribution in [0.15, 0.2) is 42.5 Å².